The average Bonchev–Trinajstić information content (AvgIpc) is 3.20. The van der Waals surface area contributed by atoms with Gasteiger partial charge >= 0.3 is 12.1 Å². The lowest BCUT2D eigenvalue weighted by molar-refractivity contribution is -0.860. The van der Waals surface area contributed by atoms with Crippen LogP contribution in [0.25, 0.3) is 0 Å². The van der Waals surface area contributed by atoms with E-state index in [9.17, 15) is 37.4 Å². The van der Waals surface area contributed by atoms with Crippen LogP contribution in [0.3, 0.4) is 0 Å². The molecule has 1 aromatic rings. The van der Waals surface area contributed by atoms with Gasteiger partial charge in [-0.1, -0.05) is 13.3 Å². The maximum atomic E-state index is 15.2. The van der Waals surface area contributed by atoms with Gasteiger partial charge in [0.1, 0.15) is 11.6 Å². The van der Waals surface area contributed by atoms with Crippen LogP contribution < -0.4 is 0 Å². The largest absolute Gasteiger partial charge is 0.633 e. The predicted molar refractivity (Wildman–Crippen MR) is 157 cm³/mol. The fraction of sp³-hybridized carbons (Fsp3) is 0.812. The van der Waals surface area contributed by atoms with Crippen molar-refractivity contribution >= 4 is 11.8 Å². The number of alkyl halides is 5. The molecule has 246 valence electrons. The lowest BCUT2D eigenvalue weighted by Crippen LogP contribution is -2.47. The van der Waals surface area contributed by atoms with E-state index in [0.29, 0.717) is 49.4 Å². The Hall–Kier alpha value is -1.17. The summed E-state index contributed by atoms with van der Waals surface area (Å²) < 4.78 is 77.4. The normalized spacial score (nSPS) is 30.4. The third kappa shape index (κ3) is 7.98. The first-order chi connectivity index (χ1) is 20.1. The standard InChI is InChI=1S/C32H47F6NO3S/c1-30-13-11-24-28(25(30)9-10-27(30)41)21(18-22-19-23(40)20-26(33)29(22)24)8-4-3-5-14-39(2,42)15-7-17-43-16-6-12-31(34,35)32(36,37)38/h19-21,24-25,27-28,40-41H,3-18H2,1-2H3/t21-,24+,25+,27+,28-,30+,39?/m1/s1. The highest BCUT2D eigenvalue weighted by molar-refractivity contribution is 7.99. The number of aromatic hydroxyl groups is 1. The zero-order valence-electron chi connectivity index (χ0n) is 25.3. The van der Waals surface area contributed by atoms with Gasteiger partial charge in [0.15, 0.2) is 0 Å². The van der Waals surface area contributed by atoms with Gasteiger partial charge in [0.2, 0.25) is 0 Å². The highest BCUT2D eigenvalue weighted by Crippen LogP contribution is 2.63. The zero-order chi connectivity index (χ0) is 31.6. The van der Waals surface area contributed by atoms with Crippen LogP contribution in [0, 0.1) is 34.2 Å². The van der Waals surface area contributed by atoms with E-state index in [1.807, 2.05) is 0 Å². The molecule has 2 N–H and O–H groups in total. The number of unbranched alkanes of at least 4 members (excludes halogenated alkanes) is 2. The van der Waals surface area contributed by atoms with E-state index in [2.05, 4.69) is 6.92 Å². The van der Waals surface area contributed by atoms with Crippen molar-refractivity contribution in [1.82, 2.24) is 0 Å². The Kier molecular flexibility index (Phi) is 11.0. The van der Waals surface area contributed by atoms with Crippen molar-refractivity contribution in [2.75, 3.05) is 31.6 Å². The van der Waals surface area contributed by atoms with Gasteiger partial charge in [-0.15, -0.1) is 0 Å². The number of aliphatic hydroxyl groups excluding tert-OH is 1. The molecule has 4 nitrogen and oxygen atoms in total. The van der Waals surface area contributed by atoms with Crippen molar-refractivity contribution in [1.29, 1.82) is 0 Å². The first kappa shape index (κ1) is 34.7. The smallest absolute Gasteiger partial charge is 0.453 e. The van der Waals surface area contributed by atoms with E-state index >= 15 is 4.39 Å². The molecule has 0 amide bonds. The van der Waals surface area contributed by atoms with Crippen molar-refractivity contribution in [2.24, 2.45) is 23.2 Å². The van der Waals surface area contributed by atoms with Gasteiger partial charge in [0.05, 0.1) is 26.2 Å². The molecule has 0 heterocycles. The van der Waals surface area contributed by atoms with Gasteiger partial charge in [0, 0.05) is 18.9 Å². The van der Waals surface area contributed by atoms with Crippen LogP contribution in [0.2, 0.25) is 0 Å². The molecule has 0 aromatic heterocycles. The van der Waals surface area contributed by atoms with E-state index in [-0.39, 0.29) is 41.2 Å². The lowest BCUT2D eigenvalue weighted by atomic mass is 9.52. The summed E-state index contributed by atoms with van der Waals surface area (Å²) in [6.45, 7) is 3.02. The summed E-state index contributed by atoms with van der Waals surface area (Å²) in [6.07, 6.45) is 0.990. The summed E-state index contributed by atoms with van der Waals surface area (Å²) in [5, 5.41) is 33.8. The van der Waals surface area contributed by atoms with Crippen molar-refractivity contribution < 1.29 is 41.2 Å². The van der Waals surface area contributed by atoms with Crippen LogP contribution in [0.4, 0.5) is 26.3 Å². The van der Waals surface area contributed by atoms with Gasteiger partial charge in [-0.3, -0.25) is 0 Å². The molecular weight excluding hydrogens is 592 g/mol. The van der Waals surface area contributed by atoms with Crippen molar-refractivity contribution in [2.45, 2.75) is 108 Å². The Labute approximate surface area is 255 Å². The molecular formula is C32H47F6NO3S. The fourth-order valence-corrected chi connectivity index (χ4v) is 9.29. The minimum Gasteiger partial charge on any atom is -0.633 e. The molecule has 7 atom stereocenters. The number of hydrogen-bond acceptors (Lipinski definition) is 4. The van der Waals surface area contributed by atoms with Crippen molar-refractivity contribution in [3.8, 4) is 5.75 Å². The van der Waals surface area contributed by atoms with E-state index < -0.39 is 23.2 Å². The SMILES string of the molecule is C[C@]12CC[C@@H]3c4c(F)cc(O)cc4C[C@@H](CCCCC[N+](C)([O-])CCCSCCCC(F)(F)C(F)(F)F)[C@H]3[C@@H]1CC[C@@H]2O. The molecule has 0 spiro atoms. The fourth-order valence-electron chi connectivity index (χ4n) is 8.40. The quantitative estimate of drug-likeness (QED) is 0.0927. The minimum absolute atomic E-state index is 0.0423. The number of nitrogens with zero attached hydrogens (tertiary/aromatic N) is 1. The molecule has 3 aliphatic carbocycles. The molecule has 1 unspecified atom stereocenters. The molecule has 0 saturated heterocycles. The number of phenols is 1. The monoisotopic (exact) mass is 639 g/mol. The number of quaternary nitrogens is 1. The number of hydroxylamine groups is 3. The molecule has 2 fully saturated rings. The molecule has 4 rings (SSSR count). The number of aliphatic hydroxyl groups is 1. The van der Waals surface area contributed by atoms with Crippen LogP contribution in [-0.2, 0) is 6.42 Å². The Balaban J connectivity index is 1.22. The van der Waals surface area contributed by atoms with Crippen molar-refractivity contribution in [3.63, 3.8) is 0 Å². The summed E-state index contributed by atoms with van der Waals surface area (Å²) in [5.74, 6) is -3.21. The van der Waals surface area contributed by atoms with E-state index in [1.165, 1.54) is 17.8 Å². The van der Waals surface area contributed by atoms with Gasteiger partial charge < -0.3 is 20.1 Å². The minimum atomic E-state index is -5.51. The number of benzene rings is 1. The number of halogens is 6. The maximum Gasteiger partial charge on any atom is 0.453 e. The molecule has 43 heavy (non-hydrogen) atoms. The first-order valence-electron chi connectivity index (χ1n) is 15.8. The molecule has 0 aliphatic heterocycles. The second-order valence-corrected chi connectivity index (χ2v) is 15.0. The highest BCUT2D eigenvalue weighted by Gasteiger charge is 2.57. The second-order valence-electron chi connectivity index (χ2n) is 13.8. The van der Waals surface area contributed by atoms with E-state index in [1.54, 1.807) is 13.1 Å². The average molecular weight is 640 g/mol. The Morgan fingerprint density at radius 2 is 1.70 bits per heavy atom. The van der Waals surface area contributed by atoms with E-state index in [4.69, 9.17) is 0 Å². The second kappa shape index (κ2) is 13.7. The summed E-state index contributed by atoms with van der Waals surface area (Å²) in [4.78, 5) is 0. The molecule has 3 aliphatic rings. The van der Waals surface area contributed by atoms with Gasteiger partial charge in [-0.05, 0) is 116 Å². The number of fused-ring (bicyclic) bond motifs is 5. The third-order valence-electron chi connectivity index (χ3n) is 10.7. The molecule has 11 heteroatoms. The number of rotatable bonds is 14. The van der Waals surface area contributed by atoms with Crippen LogP contribution >= 0.6 is 11.8 Å². The zero-order valence-corrected chi connectivity index (χ0v) is 26.1. The molecule has 1 aromatic carbocycles. The molecule has 0 radical (unpaired) electrons. The Bertz CT molecular complexity index is 1090. The van der Waals surface area contributed by atoms with Crippen LogP contribution in [0.15, 0.2) is 12.1 Å². The van der Waals surface area contributed by atoms with Crippen LogP contribution in [-0.4, -0.2) is 64.7 Å². The highest BCUT2D eigenvalue weighted by atomic mass is 32.2. The summed E-state index contributed by atoms with van der Waals surface area (Å²) >= 11 is 1.30. The number of phenolic OH excluding ortho intramolecular Hbond substituents is 1. The summed E-state index contributed by atoms with van der Waals surface area (Å²) in [7, 11) is 1.62. The maximum absolute atomic E-state index is 15.2. The van der Waals surface area contributed by atoms with E-state index in [0.717, 1.165) is 62.5 Å². The van der Waals surface area contributed by atoms with Crippen LogP contribution in [0.5, 0.6) is 5.75 Å². The Morgan fingerprint density at radius 3 is 2.42 bits per heavy atom. The Morgan fingerprint density at radius 1 is 1.00 bits per heavy atom. The third-order valence-corrected chi connectivity index (χ3v) is 11.9. The molecule has 0 bridgehead atoms. The first-order valence-corrected chi connectivity index (χ1v) is 17.0. The van der Waals surface area contributed by atoms with Crippen LogP contribution in [0.1, 0.15) is 94.6 Å². The topological polar surface area (TPSA) is 63.5 Å². The molecule has 2 saturated carbocycles. The predicted octanol–water partition coefficient (Wildman–Crippen LogP) is 8.58. The number of thioether (sulfide) groups is 1. The summed E-state index contributed by atoms with van der Waals surface area (Å²) in [5.41, 5.74) is 1.53. The summed E-state index contributed by atoms with van der Waals surface area (Å²) in [6, 6.07) is 2.94. The lowest BCUT2D eigenvalue weighted by Gasteiger charge is -2.53. The van der Waals surface area contributed by atoms with Gasteiger partial charge in [0.25, 0.3) is 0 Å². The van der Waals surface area contributed by atoms with Crippen molar-refractivity contribution in [3.05, 3.63) is 34.3 Å². The van der Waals surface area contributed by atoms with Gasteiger partial charge in [-0.2, -0.15) is 33.7 Å². The number of hydrogen-bond donors (Lipinski definition) is 2. The van der Waals surface area contributed by atoms with Gasteiger partial charge in [-0.25, -0.2) is 4.39 Å².